The molecule has 0 bridgehead atoms. The van der Waals surface area contributed by atoms with Crippen molar-refractivity contribution in [2.45, 2.75) is 58.9 Å². The van der Waals surface area contributed by atoms with Crippen LogP contribution in [-0.4, -0.2) is 12.6 Å². The first-order valence-electron chi connectivity index (χ1n) is 5.95. The molecule has 1 unspecified atom stereocenters. The highest BCUT2D eigenvalue weighted by Crippen LogP contribution is 2.20. The SMILES string of the molecule is CCC(CCC(C)C)CNC1CC1. The third-order valence-corrected chi connectivity index (χ3v) is 3.00. The fourth-order valence-electron chi connectivity index (χ4n) is 1.64. The van der Waals surface area contributed by atoms with E-state index in [1.165, 1.54) is 38.6 Å². The van der Waals surface area contributed by atoms with Crippen LogP contribution in [0.4, 0.5) is 0 Å². The summed E-state index contributed by atoms with van der Waals surface area (Å²) >= 11 is 0. The smallest absolute Gasteiger partial charge is 0.00683 e. The van der Waals surface area contributed by atoms with E-state index >= 15 is 0 Å². The summed E-state index contributed by atoms with van der Waals surface area (Å²) in [6, 6.07) is 0.882. The van der Waals surface area contributed by atoms with Crippen LogP contribution in [0.5, 0.6) is 0 Å². The molecule has 1 fully saturated rings. The monoisotopic (exact) mass is 183 g/mol. The van der Waals surface area contributed by atoms with Gasteiger partial charge < -0.3 is 5.32 Å². The van der Waals surface area contributed by atoms with E-state index in [2.05, 4.69) is 26.1 Å². The Morgan fingerprint density at radius 1 is 1.23 bits per heavy atom. The van der Waals surface area contributed by atoms with E-state index in [0.717, 1.165) is 17.9 Å². The van der Waals surface area contributed by atoms with Crippen LogP contribution in [0.1, 0.15) is 52.9 Å². The van der Waals surface area contributed by atoms with Gasteiger partial charge in [0.15, 0.2) is 0 Å². The van der Waals surface area contributed by atoms with E-state index in [1.54, 1.807) is 0 Å². The Morgan fingerprint density at radius 3 is 2.38 bits per heavy atom. The molecule has 0 spiro atoms. The van der Waals surface area contributed by atoms with Crippen molar-refractivity contribution in [3.63, 3.8) is 0 Å². The van der Waals surface area contributed by atoms with Gasteiger partial charge in [0.1, 0.15) is 0 Å². The predicted octanol–water partition coefficient (Wildman–Crippen LogP) is 3.20. The van der Waals surface area contributed by atoms with Gasteiger partial charge in [-0.1, -0.05) is 33.6 Å². The second kappa shape index (κ2) is 5.64. The lowest BCUT2D eigenvalue weighted by Gasteiger charge is -2.16. The molecule has 1 heteroatoms. The third kappa shape index (κ3) is 5.30. The molecule has 0 aromatic rings. The Balaban J connectivity index is 2.02. The van der Waals surface area contributed by atoms with Gasteiger partial charge in [-0.2, -0.15) is 0 Å². The topological polar surface area (TPSA) is 12.0 Å². The molecule has 13 heavy (non-hydrogen) atoms. The molecule has 78 valence electrons. The molecule has 0 aromatic carbocycles. The molecule has 0 saturated heterocycles. The number of hydrogen-bond acceptors (Lipinski definition) is 1. The maximum absolute atomic E-state index is 3.63. The fraction of sp³-hybridized carbons (Fsp3) is 1.00. The first-order chi connectivity index (χ1) is 6.22. The van der Waals surface area contributed by atoms with Gasteiger partial charge in [0.25, 0.3) is 0 Å². The Kier molecular flexibility index (Phi) is 4.79. The van der Waals surface area contributed by atoms with Crippen LogP contribution in [0.3, 0.4) is 0 Å². The lowest BCUT2D eigenvalue weighted by Crippen LogP contribution is -2.24. The van der Waals surface area contributed by atoms with Crippen LogP contribution in [0.15, 0.2) is 0 Å². The van der Waals surface area contributed by atoms with Gasteiger partial charge >= 0.3 is 0 Å². The molecule has 1 aliphatic rings. The molecule has 1 N–H and O–H groups in total. The number of hydrogen-bond donors (Lipinski definition) is 1. The Labute approximate surface area is 83.3 Å². The van der Waals surface area contributed by atoms with Crippen molar-refractivity contribution in [2.24, 2.45) is 11.8 Å². The van der Waals surface area contributed by atoms with Crippen molar-refractivity contribution >= 4 is 0 Å². The van der Waals surface area contributed by atoms with Crippen LogP contribution in [0.2, 0.25) is 0 Å². The summed E-state index contributed by atoms with van der Waals surface area (Å²) in [6.07, 6.45) is 6.98. The Morgan fingerprint density at radius 2 is 1.92 bits per heavy atom. The van der Waals surface area contributed by atoms with Crippen molar-refractivity contribution in [3.8, 4) is 0 Å². The van der Waals surface area contributed by atoms with Crippen LogP contribution >= 0.6 is 0 Å². The highest BCUT2D eigenvalue weighted by Gasteiger charge is 2.21. The molecule has 0 heterocycles. The molecule has 1 aliphatic carbocycles. The van der Waals surface area contributed by atoms with Gasteiger partial charge in [0, 0.05) is 6.04 Å². The highest BCUT2D eigenvalue weighted by molar-refractivity contribution is 4.81. The standard InChI is InChI=1S/C12H25N/c1-4-11(6-5-10(2)3)9-13-12-7-8-12/h10-13H,4-9H2,1-3H3. The van der Waals surface area contributed by atoms with E-state index in [4.69, 9.17) is 0 Å². The molecule has 1 rings (SSSR count). The van der Waals surface area contributed by atoms with Crippen molar-refractivity contribution in [1.82, 2.24) is 5.32 Å². The van der Waals surface area contributed by atoms with E-state index in [0.29, 0.717) is 0 Å². The van der Waals surface area contributed by atoms with E-state index in [-0.39, 0.29) is 0 Å². The van der Waals surface area contributed by atoms with Crippen molar-refractivity contribution in [1.29, 1.82) is 0 Å². The minimum absolute atomic E-state index is 0.870. The summed E-state index contributed by atoms with van der Waals surface area (Å²) in [5.74, 6) is 1.79. The Bertz CT molecular complexity index is 121. The molecular weight excluding hydrogens is 158 g/mol. The maximum Gasteiger partial charge on any atom is 0.00683 e. The van der Waals surface area contributed by atoms with Crippen molar-refractivity contribution in [2.75, 3.05) is 6.54 Å². The van der Waals surface area contributed by atoms with Gasteiger partial charge in [0.05, 0.1) is 0 Å². The predicted molar refractivity (Wildman–Crippen MR) is 58.9 cm³/mol. The van der Waals surface area contributed by atoms with Crippen LogP contribution in [-0.2, 0) is 0 Å². The van der Waals surface area contributed by atoms with Gasteiger partial charge in [-0.15, -0.1) is 0 Å². The number of rotatable bonds is 7. The zero-order valence-electron chi connectivity index (χ0n) is 9.47. The minimum atomic E-state index is 0.870. The van der Waals surface area contributed by atoms with Gasteiger partial charge in [0.2, 0.25) is 0 Å². The second-order valence-electron chi connectivity index (χ2n) is 4.93. The molecule has 0 aromatic heterocycles. The molecule has 1 atom stereocenters. The zero-order valence-corrected chi connectivity index (χ0v) is 9.47. The van der Waals surface area contributed by atoms with Crippen LogP contribution < -0.4 is 5.32 Å². The molecule has 0 aliphatic heterocycles. The molecule has 0 radical (unpaired) electrons. The molecule has 0 amide bonds. The Hall–Kier alpha value is -0.0400. The van der Waals surface area contributed by atoms with Crippen LogP contribution in [0, 0.1) is 11.8 Å². The lowest BCUT2D eigenvalue weighted by atomic mass is 9.96. The summed E-state index contributed by atoms with van der Waals surface area (Å²) in [5, 5.41) is 3.63. The average molecular weight is 183 g/mol. The van der Waals surface area contributed by atoms with E-state index in [1.807, 2.05) is 0 Å². The van der Waals surface area contributed by atoms with Gasteiger partial charge in [-0.25, -0.2) is 0 Å². The van der Waals surface area contributed by atoms with Gasteiger partial charge in [-0.05, 0) is 37.6 Å². The quantitative estimate of drug-likeness (QED) is 0.639. The fourth-order valence-corrected chi connectivity index (χ4v) is 1.64. The normalized spacial score (nSPS) is 19.4. The molecule has 1 nitrogen and oxygen atoms in total. The largest absolute Gasteiger partial charge is 0.314 e. The maximum atomic E-state index is 3.63. The average Bonchev–Trinajstić information content (AvgIpc) is 2.88. The van der Waals surface area contributed by atoms with Gasteiger partial charge in [-0.3, -0.25) is 0 Å². The van der Waals surface area contributed by atoms with Crippen LogP contribution in [0.25, 0.3) is 0 Å². The second-order valence-corrected chi connectivity index (χ2v) is 4.93. The molecular formula is C12H25N. The minimum Gasteiger partial charge on any atom is -0.314 e. The first kappa shape index (κ1) is 11.0. The van der Waals surface area contributed by atoms with Crippen molar-refractivity contribution < 1.29 is 0 Å². The zero-order chi connectivity index (χ0) is 9.68. The van der Waals surface area contributed by atoms with E-state index < -0.39 is 0 Å². The third-order valence-electron chi connectivity index (χ3n) is 3.00. The highest BCUT2D eigenvalue weighted by atomic mass is 14.9. The summed E-state index contributed by atoms with van der Waals surface area (Å²) in [4.78, 5) is 0. The van der Waals surface area contributed by atoms with E-state index in [9.17, 15) is 0 Å². The first-order valence-corrected chi connectivity index (χ1v) is 5.95. The van der Waals surface area contributed by atoms with Crippen molar-refractivity contribution in [3.05, 3.63) is 0 Å². The summed E-state index contributed by atoms with van der Waals surface area (Å²) in [5.41, 5.74) is 0. The summed E-state index contributed by atoms with van der Waals surface area (Å²) < 4.78 is 0. The summed E-state index contributed by atoms with van der Waals surface area (Å²) in [6.45, 7) is 8.22. The lowest BCUT2D eigenvalue weighted by molar-refractivity contribution is 0.390. The number of nitrogens with one attached hydrogen (secondary N) is 1. The molecule has 1 saturated carbocycles. The summed E-state index contributed by atoms with van der Waals surface area (Å²) in [7, 11) is 0.